The van der Waals surface area contributed by atoms with Gasteiger partial charge in [-0.2, -0.15) is 0 Å². The lowest BCUT2D eigenvalue weighted by Crippen LogP contribution is -2.43. The number of carbonyl (C=O) groups excluding carboxylic acids is 2. The molecule has 0 fully saturated rings. The highest BCUT2D eigenvalue weighted by molar-refractivity contribution is 6.01. The summed E-state index contributed by atoms with van der Waals surface area (Å²) in [6, 6.07) is 0.381. The molecule has 1 aromatic heterocycles. The molecule has 0 saturated heterocycles. The van der Waals surface area contributed by atoms with Crippen molar-refractivity contribution in [3.8, 4) is 0 Å². The van der Waals surface area contributed by atoms with Crippen molar-refractivity contribution >= 4 is 17.6 Å². The number of likely N-dealkylation sites (N-methyl/N-ethyl adjacent to an activating group) is 1. The lowest BCUT2D eigenvalue weighted by molar-refractivity contribution is -0.122. The molecule has 1 aromatic rings. The van der Waals surface area contributed by atoms with Gasteiger partial charge >= 0.3 is 0 Å². The molecule has 0 aliphatic heterocycles. The maximum Gasteiger partial charge on any atom is 0.255 e. The Morgan fingerprint density at radius 1 is 1.45 bits per heavy atom. The normalized spacial score (nSPS) is 11.6. The average Bonchev–Trinajstić information content (AvgIpc) is 2.44. The molecular weight excluding hydrogens is 263 g/mol. The van der Waals surface area contributed by atoms with Crippen molar-refractivity contribution < 1.29 is 14.0 Å². The SMILES string of the molecule is CCCNc1ncc(F)cc1C(=O)NC(C)C(=O)NC. The molecule has 0 saturated carbocycles. The fourth-order valence-electron chi connectivity index (χ4n) is 1.55. The summed E-state index contributed by atoms with van der Waals surface area (Å²) in [5.41, 5.74) is 0.0780. The van der Waals surface area contributed by atoms with Gasteiger partial charge < -0.3 is 16.0 Å². The number of halogens is 1. The number of aromatic nitrogens is 1. The predicted octanol–water partition coefficient (Wildman–Crippen LogP) is 0.907. The Morgan fingerprint density at radius 3 is 2.75 bits per heavy atom. The Kier molecular flexibility index (Phi) is 5.89. The van der Waals surface area contributed by atoms with E-state index in [1.807, 2.05) is 6.92 Å². The van der Waals surface area contributed by atoms with E-state index in [4.69, 9.17) is 0 Å². The molecule has 20 heavy (non-hydrogen) atoms. The van der Waals surface area contributed by atoms with E-state index in [9.17, 15) is 14.0 Å². The van der Waals surface area contributed by atoms with Crippen molar-refractivity contribution in [1.82, 2.24) is 15.6 Å². The van der Waals surface area contributed by atoms with Crippen molar-refractivity contribution in [2.75, 3.05) is 18.9 Å². The molecule has 1 unspecified atom stereocenters. The molecule has 0 aromatic carbocycles. The number of rotatable bonds is 6. The van der Waals surface area contributed by atoms with Gasteiger partial charge in [0.05, 0.1) is 11.8 Å². The van der Waals surface area contributed by atoms with Crippen LogP contribution >= 0.6 is 0 Å². The quantitative estimate of drug-likeness (QED) is 0.724. The summed E-state index contributed by atoms with van der Waals surface area (Å²) in [6.07, 6.45) is 1.88. The number of carbonyl (C=O) groups is 2. The van der Waals surface area contributed by atoms with E-state index >= 15 is 0 Å². The van der Waals surface area contributed by atoms with E-state index in [-0.39, 0.29) is 11.5 Å². The zero-order valence-corrected chi connectivity index (χ0v) is 11.8. The average molecular weight is 282 g/mol. The fourth-order valence-corrected chi connectivity index (χ4v) is 1.55. The summed E-state index contributed by atoms with van der Waals surface area (Å²) < 4.78 is 13.2. The monoisotopic (exact) mass is 282 g/mol. The number of nitrogens with zero attached hydrogens (tertiary/aromatic N) is 1. The largest absolute Gasteiger partial charge is 0.369 e. The summed E-state index contributed by atoms with van der Waals surface area (Å²) in [7, 11) is 1.48. The Morgan fingerprint density at radius 2 is 2.15 bits per heavy atom. The highest BCUT2D eigenvalue weighted by Gasteiger charge is 2.19. The molecular formula is C13H19FN4O2. The molecule has 2 amide bonds. The molecule has 110 valence electrons. The molecule has 0 aliphatic rings. The number of amides is 2. The van der Waals surface area contributed by atoms with Gasteiger partial charge in [-0.1, -0.05) is 6.92 Å². The number of nitrogens with one attached hydrogen (secondary N) is 3. The van der Waals surface area contributed by atoms with Gasteiger partial charge in [-0.15, -0.1) is 0 Å². The van der Waals surface area contributed by atoms with Gasteiger partial charge in [0.25, 0.3) is 5.91 Å². The van der Waals surface area contributed by atoms with Gasteiger partial charge in [0.2, 0.25) is 5.91 Å². The van der Waals surface area contributed by atoms with E-state index in [2.05, 4.69) is 20.9 Å². The minimum absolute atomic E-state index is 0.0780. The van der Waals surface area contributed by atoms with Gasteiger partial charge in [0.15, 0.2) is 0 Å². The van der Waals surface area contributed by atoms with Gasteiger partial charge in [0, 0.05) is 13.6 Å². The zero-order valence-electron chi connectivity index (χ0n) is 11.8. The van der Waals surface area contributed by atoms with Crippen LogP contribution in [0.5, 0.6) is 0 Å². The van der Waals surface area contributed by atoms with Gasteiger partial charge in [-0.25, -0.2) is 9.37 Å². The first-order valence-corrected chi connectivity index (χ1v) is 6.41. The highest BCUT2D eigenvalue weighted by Crippen LogP contribution is 2.13. The number of pyridine rings is 1. The Bertz CT molecular complexity index is 493. The summed E-state index contributed by atoms with van der Waals surface area (Å²) in [5.74, 6) is -1.18. The molecule has 1 rings (SSSR count). The van der Waals surface area contributed by atoms with Crippen LogP contribution in [-0.4, -0.2) is 36.4 Å². The van der Waals surface area contributed by atoms with E-state index in [1.165, 1.54) is 7.05 Å². The first-order valence-electron chi connectivity index (χ1n) is 6.41. The van der Waals surface area contributed by atoms with E-state index in [0.29, 0.717) is 12.4 Å². The molecule has 0 radical (unpaired) electrons. The Labute approximate surface area is 117 Å². The Balaban J connectivity index is 2.90. The van der Waals surface area contributed by atoms with Crippen LogP contribution in [0.25, 0.3) is 0 Å². The maximum atomic E-state index is 13.2. The van der Waals surface area contributed by atoms with E-state index in [0.717, 1.165) is 18.7 Å². The van der Waals surface area contributed by atoms with Crippen molar-refractivity contribution in [1.29, 1.82) is 0 Å². The van der Waals surface area contributed by atoms with Crippen molar-refractivity contribution in [2.24, 2.45) is 0 Å². The lowest BCUT2D eigenvalue weighted by atomic mass is 10.2. The summed E-state index contributed by atoms with van der Waals surface area (Å²) in [5, 5.41) is 7.86. The van der Waals surface area contributed by atoms with Crippen LogP contribution in [0.3, 0.4) is 0 Å². The molecule has 7 heteroatoms. The molecule has 3 N–H and O–H groups in total. The van der Waals surface area contributed by atoms with Gasteiger partial charge in [0.1, 0.15) is 17.7 Å². The van der Waals surface area contributed by atoms with Crippen molar-refractivity contribution in [3.05, 3.63) is 23.6 Å². The minimum Gasteiger partial charge on any atom is -0.369 e. The minimum atomic E-state index is -0.713. The summed E-state index contributed by atoms with van der Waals surface area (Å²) in [6.45, 7) is 4.12. The lowest BCUT2D eigenvalue weighted by Gasteiger charge is -2.14. The van der Waals surface area contributed by atoms with E-state index in [1.54, 1.807) is 6.92 Å². The first kappa shape index (κ1) is 15.9. The third-order valence-corrected chi connectivity index (χ3v) is 2.63. The van der Waals surface area contributed by atoms with Crippen LogP contribution in [-0.2, 0) is 4.79 Å². The first-order chi connectivity index (χ1) is 9.49. The van der Waals surface area contributed by atoms with Gasteiger partial charge in [-0.3, -0.25) is 9.59 Å². The molecule has 0 spiro atoms. The maximum absolute atomic E-state index is 13.2. The standard InChI is InChI=1S/C13H19FN4O2/c1-4-5-16-11-10(6-9(14)7-17-11)13(20)18-8(2)12(19)15-3/h6-8H,4-5H2,1-3H3,(H,15,19)(H,16,17)(H,18,20). The second-order valence-corrected chi connectivity index (χ2v) is 4.29. The molecule has 1 heterocycles. The van der Waals surface area contributed by atoms with Crippen LogP contribution in [0, 0.1) is 5.82 Å². The Hall–Kier alpha value is -2.18. The zero-order chi connectivity index (χ0) is 15.1. The highest BCUT2D eigenvalue weighted by atomic mass is 19.1. The number of hydrogen-bond donors (Lipinski definition) is 3. The van der Waals surface area contributed by atoms with Crippen molar-refractivity contribution in [3.63, 3.8) is 0 Å². The third-order valence-electron chi connectivity index (χ3n) is 2.63. The second kappa shape index (κ2) is 7.42. The van der Waals surface area contributed by atoms with E-state index < -0.39 is 17.8 Å². The van der Waals surface area contributed by atoms with Crippen molar-refractivity contribution in [2.45, 2.75) is 26.3 Å². The summed E-state index contributed by atoms with van der Waals surface area (Å²) >= 11 is 0. The molecule has 0 aliphatic carbocycles. The predicted molar refractivity (Wildman–Crippen MR) is 74.0 cm³/mol. The third kappa shape index (κ3) is 4.18. The van der Waals surface area contributed by atoms with Gasteiger partial charge in [-0.05, 0) is 19.4 Å². The molecule has 1 atom stereocenters. The molecule has 6 nitrogen and oxygen atoms in total. The van der Waals surface area contributed by atoms with Crippen LogP contribution in [0.15, 0.2) is 12.3 Å². The van der Waals surface area contributed by atoms with Crippen LogP contribution in [0.4, 0.5) is 10.2 Å². The fraction of sp³-hybridized carbons (Fsp3) is 0.462. The number of hydrogen-bond acceptors (Lipinski definition) is 4. The van der Waals surface area contributed by atoms with Crippen LogP contribution in [0.2, 0.25) is 0 Å². The topological polar surface area (TPSA) is 83.1 Å². The number of anilines is 1. The second-order valence-electron chi connectivity index (χ2n) is 4.29. The molecule has 0 bridgehead atoms. The van der Waals surface area contributed by atoms with Crippen LogP contribution < -0.4 is 16.0 Å². The smallest absolute Gasteiger partial charge is 0.255 e. The van der Waals surface area contributed by atoms with Crippen LogP contribution in [0.1, 0.15) is 30.6 Å². The summed E-state index contributed by atoms with van der Waals surface area (Å²) in [4.78, 5) is 27.3.